The second kappa shape index (κ2) is 6.85. The van der Waals surface area contributed by atoms with E-state index in [0.717, 1.165) is 5.56 Å². The highest BCUT2D eigenvalue weighted by Crippen LogP contribution is 2.35. The number of anilines is 2. The van der Waals surface area contributed by atoms with Gasteiger partial charge in [0.15, 0.2) is 0 Å². The predicted octanol–water partition coefficient (Wildman–Crippen LogP) is 4.00. The molecule has 3 aromatic rings. The first kappa shape index (κ1) is 17.2. The van der Waals surface area contributed by atoms with Crippen LogP contribution in [-0.4, -0.2) is 20.7 Å². The van der Waals surface area contributed by atoms with E-state index < -0.39 is 6.04 Å². The molecular weight excluding hydrogens is 369 g/mol. The molecule has 1 aliphatic rings. The lowest BCUT2D eigenvalue weighted by molar-refractivity contribution is -0.113. The van der Waals surface area contributed by atoms with Crippen molar-refractivity contribution < 1.29 is 9.18 Å². The van der Waals surface area contributed by atoms with E-state index in [-0.39, 0.29) is 11.7 Å². The van der Waals surface area contributed by atoms with Gasteiger partial charge in [-0.15, -0.1) is 0 Å². The number of carbonyl (C=O) groups excluding carboxylic acids is 1. The van der Waals surface area contributed by atoms with Crippen LogP contribution in [0.15, 0.2) is 66.1 Å². The van der Waals surface area contributed by atoms with Crippen LogP contribution >= 0.6 is 11.6 Å². The first-order valence-electron chi connectivity index (χ1n) is 8.22. The maximum absolute atomic E-state index is 13.1. The Kier molecular flexibility index (Phi) is 4.37. The monoisotopic (exact) mass is 383 g/mol. The summed E-state index contributed by atoms with van der Waals surface area (Å²) in [7, 11) is 0. The van der Waals surface area contributed by atoms with E-state index in [1.165, 1.54) is 30.6 Å². The average molecular weight is 384 g/mol. The fourth-order valence-corrected chi connectivity index (χ4v) is 3.20. The van der Waals surface area contributed by atoms with Crippen LogP contribution in [-0.2, 0) is 4.79 Å². The Bertz CT molecular complexity index is 1030. The number of hydrogen-bond acceptors (Lipinski definition) is 4. The molecule has 1 aliphatic heterocycles. The van der Waals surface area contributed by atoms with E-state index in [1.54, 1.807) is 23.7 Å². The Morgan fingerprint density at radius 3 is 2.59 bits per heavy atom. The lowest BCUT2D eigenvalue weighted by Crippen LogP contribution is -2.31. The number of nitrogens with zero attached hydrogens (tertiary/aromatic N) is 3. The lowest BCUT2D eigenvalue weighted by atomic mass is 9.95. The Hall–Kier alpha value is -3.19. The fraction of sp³-hybridized carbons (Fsp3) is 0.105. The second-order valence-electron chi connectivity index (χ2n) is 6.11. The first-order chi connectivity index (χ1) is 13.0. The quantitative estimate of drug-likeness (QED) is 0.717. The van der Waals surface area contributed by atoms with Gasteiger partial charge in [0.1, 0.15) is 18.2 Å². The molecule has 1 atom stereocenters. The van der Waals surface area contributed by atoms with Crippen molar-refractivity contribution in [3.05, 3.63) is 82.5 Å². The second-order valence-corrected chi connectivity index (χ2v) is 6.54. The van der Waals surface area contributed by atoms with Crippen molar-refractivity contribution in [2.24, 2.45) is 0 Å². The molecule has 0 fully saturated rings. The van der Waals surface area contributed by atoms with E-state index in [2.05, 4.69) is 20.7 Å². The first-order valence-corrected chi connectivity index (χ1v) is 8.60. The van der Waals surface area contributed by atoms with Crippen molar-refractivity contribution in [3.8, 4) is 0 Å². The topological polar surface area (TPSA) is 71.8 Å². The van der Waals surface area contributed by atoms with Gasteiger partial charge in [-0.05, 0) is 48.9 Å². The van der Waals surface area contributed by atoms with Gasteiger partial charge in [0.05, 0.1) is 5.57 Å². The molecule has 1 amide bonds. The van der Waals surface area contributed by atoms with Crippen LogP contribution < -0.4 is 10.6 Å². The number of rotatable bonds is 3. The molecule has 0 bridgehead atoms. The standard InChI is InChI=1S/C19H15ClFN5O/c1-11-16(18(27)25-15-8-6-14(21)7-9-15)17(12-2-4-13(20)5-3-12)26-19(24-11)22-10-23-26/h2-10,17H,1H3,(H,25,27)(H,22,23,24). The van der Waals surface area contributed by atoms with Crippen molar-refractivity contribution in [2.45, 2.75) is 13.0 Å². The van der Waals surface area contributed by atoms with Gasteiger partial charge in [-0.25, -0.2) is 9.07 Å². The van der Waals surface area contributed by atoms with Gasteiger partial charge < -0.3 is 10.6 Å². The van der Waals surface area contributed by atoms with E-state index >= 15 is 0 Å². The number of hydrogen-bond donors (Lipinski definition) is 2. The Labute approximate surface area is 159 Å². The van der Waals surface area contributed by atoms with Gasteiger partial charge in [-0.3, -0.25) is 4.79 Å². The van der Waals surface area contributed by atoms with Crippen molar-refractivity contribution >= 4 is 29.1 Å². The molecule has 2 aromatic carbocycles. The molecule has 8 heteroatoms. The molecule has 0 spiro atoms. The van der Waals surface area contributed by atoms with Gasteiger partial charge in [-0.1, -0.05) is 23.7 Å². The van der Waals surface area contributed by atoms with Crippen molar-refractivity contribution in [2.75, 3.05) is 10.6 Å². The Morgan fingerprint density at radius 2 is 1.89 bits per heavy atom. The van der Waals surface area contributed by atoms with Crippen LogP contribution in [0.2, 0.25) is 5.02 Å². The van der Waals surface area contributed by atoms with Gasteiger partial charge in [-0.2, -0.15) is 10.1 Å². The molecule has 0 aliphatic carbocycles. The van der Waals surface area contributed by atoms with Crippen LogP contribution in [0.25, 0.3) is 0 Å². The van der Waals surface area contributed by atoms with Crippen LogP contribution in [0.4, 0.5) is 16.0 Å². The van der Waals surface area contributed by atoms with Crippen molar-refractivity contribution in [1.29, 1.82) is 0 Å². The van der Waals surface area contributed by atoms with Gasteiger partial charge in [0.25, 0.3) is 5.91 Å². The summed E-state index contributed by atoms with van der Waals surface area (Å²) in [5.74, 6) is -0.132. The number of nitrogens with one attached hydrogen (secondary N) is 2. The summed E-state index contributed by atoms with van der Waals surface area (Å²) < 4.78 is 14.8. The van der Waals surface area contributed by atoms with Crippen LogP contribution in [0.1, 0.15) is 18.5 Å². The molecular formula is C19H15ClFN5O. The summed E-state index contributed by atoms with van der Waals surface area (Å²) >= 11 is 6.01. The van der Waals surface area contributed by atoms with E-state index in [1.807, 2.05) is 12.1 Å². The normalized spacial score (nSPS) is 15.9. The molecule has 1 unspecified atom stereocenters. The summed E-state index contributed by atoms with van der Waals surface area (Å²) in [6.45, 7) is 1.81. The predicted molar refractivity (Wildman–Crippen MR) is 101 cm³/mol. The minimum absolute atomic E-state index is 0.312. The van der Waals surface area contributed by atoms with Crippen LogP contribution in [0, 0.1) is 5.82 Å². The van der Waals surface area contributed by atoms with Crippen molar-refractivity contribution in [1.82, 2.24) is 14.8 Å². The summed E-state index contributed by atoms with van der Waals surface area (Å²) in [5.41, 5.74) is 2.49. The molecule has 0 saturated heterocycles. The number of benzene rings is 2. The molecule has 4 rings (SSSR count). The fourth-order valence-electron chi connectivity index (χ4n) is 3.07. The highest BCUT2D eigenvalue weighted by atomic mass is 35.5. The summed E-state index contributed by atoms with van der Waals surface area (Å²) in [4.78, 5) is 17.2. The summed E-state index contributed by atoms with van der Waals surface area (Å²) in [6, 6.07) is 12.4. The number of carbonyl (C=O) groups is 1. The molecule has 136 valence electrons. The Balaban J connectivity index is 1.74. The zero-order valence-corrected chi connectivity index (χ0v) is 15.0. The third-order valence-electron chi connectivity index (χ3n) is 4.33. The zero-order chi connectivity index (χ0) is 19.0. The SMILES string of the molecule is CC1=C(C(=O)Nc2ccc(F)cc2)C(c2ccc(Cl)cc2)n2ncnc2N1. The Morgan fingerprint density at radius 1 is 1.19 bits per heavy atom. The maximum atomic E-state index is 13.1. The molecule has 0 saturated carbocycles. The molecule has 27 heavy (non-hydrogen) atoms. The van der Waals surface area contributed by atoms with E-state index in [4.69, 9.17) is 11.6 Å². The number of halogens is 2. The molecule has 1 aromatic heterocycles. The number of allylic oxidation sites excluding steroid dienone is 1. The van der Waals surface area contributed by atoms with Gasteiger partial charge in [0.2, 0.25) is 5.95 Å². The molecule has 2 heterocycles. The van der Waals surface area contributed by atoms with Crippen LogP contribution in [0.3, 0.4) is 0 Å². The van der Waals surface area contributed by atoms with Gasteiger partial charge >= 0.3 is 0 Å². The maximum Gasteiger partial charge on any atom is 0.255 e. The molecule has 6 nitrogen and oxygen atoms in total. The zero-order valence-electron chi connectivity index (χ0n) is 14.3. The average Bonchev–Trinajstić information content (AvgIpc) is 3.11. The number of aromatic nitrogens is 3. The highest BCUT2D eigenvalue weighted by molar-refractivity contribution is 6.30. The minimum Gasteiger partial charge on any atom is -0.328 e. The van der Waals surface area contributed by atoms with Crippen molar-refractivity contribution in [3.63, 3.8) is 0 Å². The third-order valence-corrected chi connectivity index (χ3v) is 4.58. The summed E-state index contributed by atoms with van der Waals surface area (Å²) in [6.07, 6.45) is 1.43. The summed E-state index contributed by atoms with van der Waals surface area (Å²) in [5, 5.41) is 10.8. The number of amides is 1. The van der Waals surface area contributed by atoms with E-state index in [0.29, 0.717) is 27.9 Å². The lowest BCUT2D eigenvalue weighted by Gasteiger charge is -2.28. The number of fused-ring (bicyclic) bond motifs is 1. The largest absolute Gasteiger partial charge is 0.328 e. The highest BCUT2D eigenvalue weighted by Gasteiger charge is 2.33. The van der Waals surface area contributed by atoms with Crippen LogP contribution in [0.5, 0.6) is 0 Å². The minimum atomic E-state index is -0.471. The third kappa shape index (κ3) is 3.29. The molecule has 0 radical (unpaired) electrons. The molecule has 2 N–H and O–H groups in total. The van der Waals surface area contributed by atoms with Gasteiger partial charge in [0, 0.05) is 16.4 Å². The smallest absolute Gasteiger partial charge is 0.255 e. The van der Waals surface area contributed by atoms with E-state index in [9.17, 15) is 9.18 Å².